The van der Waals surface area contributed by atoms with Gasteiger partial charge in [-0.25, -0.2) is 19.3 Å². The number of carbonyl (C=O) groups excluding carboxylic acids is 3. The quantitative estimate of drug-likeness (QED) is 0.292. The number of halogens is 1. The number of guanidine groups is 1. The lowest BCUT2D eigenvalue weighted by Gasteiger charge is -2.42. The first-order valence-corrected chi connectivity index (χ1v) is 14.3. The van der Waals surface area contributed by atoms with Crippen molar-refractivity contribution in [3.8, 4) is 5.75 Å². The zero-order chi connectivity index (χ0) is 32.1. The molecule has 2 aromatic rings. The summed E-state index contributed by atoms with van der Waals surface area (Å²) in [4.78, 5) is 49.4. The number of aliphatic imine (C=N–C) groups is 1. The first kappa shape index (κ1) is 33.5. The summed E-state index contributed by atoms with van der Waals surface area (Å²) in [6, 6.07) is 13.0. The molecule has 0 radical (unpaired) electrons. The van der Waals surface area contributed by atoms with Crippen LogP contribution in [0.15, 0.2) is 47.5 Å². The number of hydrogen-bond donors (Lipinski definition) is 0. The van der Waals surface area contributed by atoms with E-state index in [-0.39, 0.29) is 31.9 Å². The number of ether oxygens (including phenoxy) is 3. The van der Waals surface area contributed by atoms with Gasteiger partial charge in [-0.05, 0) is 82.9 Å². The Hall–Kier alpha value is -3.99. The maximum absolute atomic E-state index is 13.8. The molecule has 234 valence electrons. The van der Waals surface area contributed by atoms with Crippen LogP contribution in [-0.2, 0) is 22.4 Å². The summed E-state index contributed by atoms with van der Waals surface area (Å²) >= 11 is 6.59. The highest BCUT2D eigenvalue weighted by atomic mass is 35.5. The predicted octanol–water partition coefficient (Wildman–Crippen LogP) is 6.18. The number of hydrogen-bond acceptors (Lipinski definition) is 6. The summed E-state index contributed by atoms with van der Waals surface area (Å²) < 4.78 is 16.5. The van der Waals surface area contributed by atoms with Crippen LogP contribution in [-0.4, -0.2) is 89.5 Å². The number of carbonyl (C=O) groups is 3. The summed E-state index contributed by atoms with van der Waals surface area (Å²) in [5.41, 5.74) is 0.949. The van der Waals surface area contributed by atoms with Gasteiger partial charge in [-0.3, -0.25) is 0 Å². The van der Waals surface area contributed by atoms with Crippen LogP contribution < -0.4 is 4.74 Å². The molecule has 1 heterocycles. The van der Waals surface area contributed by atoms with E-state index < -0.39 is 23.4 Å². The molecular formula is C31H42ClN5O6. The van der Waals surface area contributed by atoms with Gasteiger partial charge in [-0.15, -0.1) is 4.99 Å². The summed E-state index contributed by atoms with van der Waals surface area (Å²) in [6.45, 7) is 10.6. The molecule has 43 heavy (non-hydrogen) atoms. The fraction of sp³-hybridized carbons (Fsp3) is 0.484. The predicted molar refractivity (Wildman–Crippen MR) is 165 cm³/mol. The van der Waals surface area contributed by atoms with E-state index in [2.05, 4.69) is 4.99 Å². The molecule has 0 N–H and O–H groups in total. The van der Waals surface area contributed by atoms with Crippen molar-refractivity contribution >= 4 is 35.8 Å². The minimum absolute atomic E-state index is 0.00119. The van der Waals surface area contributed by atoms with Crippen molar-refractivity contribution in [1.82, 2.24) is 19.6 Å². The second kappa shape index (κ2) is 13.5. The molecule has 11 nitrogen and oxygen atoms in total. The van der Waals surface area contributed by atoms with Crippen molar-refractivity contribution in [2.75, 3.05) is 34.5 Å². The Morgan fingerprint density at radius 1 is 0.907 bits per heavy atom. The number of rotatable bonds is 5. The van der Waals surface area contributed by atoms with Crippen molar-refractivity contribution in [2.24, 2.45) is 4.99 Å². The maximum Gasteiger partial charge on any atom is 0.437 e. The zero-order valence-corrected chi connectivity index (χ0v) is 27.2. The molecule has 1 saturated heterocycles. The van der Waals surface area contributed by atoms with Crippen LogP contribution in [0, 0.1) is 0 Å². The van der Waals surface area contributed by atoms with Crippen LogP contribution >= 0.6 is 11.6 Å². The third kappa shape index (κ3) is 9.77. The highest BCUT2D eigenvalue weighted by molar-refractivity contribution is 6.31. The van der Waals surface area contributed by atoms with Crippen LogP contribution in [0.4, 0.5) is 14.4 Å². The molecule has 0 bridgehead atoms. The average Bonchev–Trinajstić information content (AvgIpc) is 2.89. The molecule has 2 aromatic carbocycles. The smallest absolute Gasteiger partial charge is 0.437 e. The molecule has 12 heteroatoms. The number of nitrogens with zero attached hydrogens (tertiary/aromatic N) is 5. The second-order valence-electron chi connectivity index (χ2n) is 12.4. The van der Waals surface area contributed by atoms with Gasteiger partial charge in [0.15, 0.2) is 0 Å². The second-order valence-corrected chi connectivity index (χ2v) is 12.8. The van der Waals surface area contributed by atoms with Crippen molar-refractivity contribution in [3.63, 3.8) is 0 Å². The summed E-state index contributed by atoms with van der Waals surface area (Å²) in [7, 11) is 4.86. The van der Waals surface area contributed by atoms with Gasteiger partial charge in [0.2, 0.25) is 5.96 Å². The van der Waals surface area contributed by atoms with E-state index >= 15 is 0 Å². The first-order valence-electron chi connectivity index (χ1n) is 13.9. The van der Waals surface area contributed by atoms with Crippen LogP contribution in [0.3, 0.4) is 0 Å². The molecule has 0 aromatic heterocycles. The molecule has 0 spiro atoms. The van der Waals surface area contributed by atoms with Gasteiger partial charge in [0.25, 0.3) is 0 Å². The molecular weight excluding hydrogens is 574 g/mol. The molecule has 0 unspecified atom stereocenters. The Bertz CT molecular complexity index is 1340. The lowest BCUT2D eigenvalue weighted by Crippen LogP contribution is -2.60. The Morgan fingerprint density at radius 3 is 2.00 bits per heavy atom. The van der Waals surface area contributed by atoms with Crippen LogP contribution in [0.2, 0.25) is 5.02 Å². The first-order chi connectivity index (χ1) is 20.0. The van der Waals surface area contributed by atoms with Crippen LogP contribution in [0.25, 0.3) is 0 Å². The normalized spacial score (nSPS) is 14.5. The molecule has 0 saturated carbocycles. The minimum atomic E-state index is -0.880. The largest absolute Gasteiger partial charge is 0.497 e. The number of amides is 4. The SMILES string of the molecule is COc1ccc(Cc2cc(CN(C(=O)OC(C)(C)C)C(=NC(=O)OC(C)(C)C)N3CN(C)C(=O)N(C)C3)ccc2Cl)cc1. The van der Waals surface area contributed by atoms with Crippen molar-refractivity contribution in [1.29, 1.82) is 0 Å². The maximum atomic E-state index is 13.8. The summed E-state index contributed by atoms with van der Waals surface area (Å²) in [5, 5.41) is 0.573. The van der Waals surface area contributed by atoms with Crippen molar-refractivity contribution in [3.05, 3.63) is 64.2 Å². The standard InChI is InChI=1S/C31H42ClN5O6/c1-30(2,3)42-27(38)33-26(36-19-34(7)28(39)35(8)20-36)37(29(40)43-31(4,5)6)18-22-12-15-25(32)23(17-22)16-21-10-13-24(41-9)14-11-21/h10-15,17H,16,18-20H2,1-9H3. The van der Waals surface area contributed by atoms with E-state index in [1.165, 1.54) is 14.7 Å². The lowest BCUT2D eigenvalue weighted by atomic mass is 10.0. The van der Waals surface area contributed by atoms with E-state index in [1.807, 2.05) is 30.3 Å². The van der Waals surface area contributed by atoms with E-state index in [9.17, 15) is 14.4 Å². The molecule has 1 aliphatic heterocycles. The Balaban J connectivity index is 2.06. The van der Waals surface area contributed by atoms with Crippen LogP contribution in [0.5, 0.6) is 5.75 Å². The Kier molecular flexibility index (Phi) is 10.6. The van der Waals surface area contributed by atoms with Gasteiger partial charge in [0.1, 0.15) is 17.0 Å². The van der Waals surface area contributed by atoms with Gasteiger partial charge in [0.05, 0.1) is 27.0 Å². The van der Waals surface area contributed by atoms with Crippen molar-refractivity contribution in [2.45, 2.75) is 65.7 Å². The number of urea groups is 1. The number of benzene rings is 2. The third-order valence-corrected chi connectivity index (χ3v) is 6.51. The van der Waals surface area contributed by atoms with Gasteiger partial charge < -0.3 is 28.9 Å². The average molecular weight is 616 g/mol. The Morgan fingerprint density at radius 2 is 1.47 bits per heavy atom. The van der Waals surface area contributed by atoms with E-state index in [0.717, 1.165) is 22.4 Å². The van der Waals surface area contributed by atoms with Gasteiger partial charge in [-0.2, -0.15) is 0 Å². The fourth-order valence-corrected chi connectivity index (χ4v) is 4.49. The fourth-order valence-electron chi connectivity index (χ4n) is 4.31. The minimum Gasteiger partial charge on any atom is -0.497 e. The van der Waals surface area contributed by atoms with Crippen molar-refractivity contribution < 1.29 is 28.6 Å². The topological polar surface area (TPSA) is 104 Å². The van der Waals surface area contributed by atoms with Gasteiger partial charge >= 0.3 is 18.2 Å². The molecule has 1 aliphatic rings. The Labute approximate surface area is 258 Å². The van der Waals surface area contributed by atoms with E-state index in [4.69, 9.17) is 25.8 Å². The van der Waals surface area contributed by atoms with E-state index in [1.54, 1.807) is 79.8 Å². The molecule has 0 atom stereocenters. The zero-order valence-electron chi connectivity index (χ0n) is 26.4. The molecule has 1 fully saturated rings. The van der Waals surface area contributed by atoms with Gasteiger partial charge in [0, 0.05) is 19.1 Å². The molecule has 3 rings (SSSR count). The summed E-state index contributed by atoms with van der Waals surface area (Å²) in [5.74, 6) is 0.741. The lowest BCUT2D eigenvalue weighted by molar-refractivity contribution is 0.0300. The third-order valence-electron chi connectivity index (χ3n) is 6.15. The van der Waals surface area contributed by atoms with Crippen LogP contribution in [0.1, 0.15) is 58.2 Å². The highest BCUT2D eigenvalue weighted by Crippen LogP contribution is 2.25. The van der Waals surface area contributed by atoms with Gasteiger partial charge in [-0.1, -0.05) is 35.9 Å². The highest BCUT2D eigenvalue weighted by Gasteiger charge is 2.35. The monoisotopic (exact) mass is 615 g/mol. The van der Waals surface area contributed by atoms with E-state index in [0.29, 0.717) is 11.4 Å². The number of methoxy groups -OCH3 is 1. The molecule has 4 amide bonds. The molecule has 0 aliphatic carbocycles. The summed E-state index contributed by atoms with van der Waals surface area (Å²) in [6.07, 6.45) is -1.05.